The molecule has 0 bridgehead atoms. The molecular weight excluding hydrogens is 348 g/mol. The Morgan fingerprint density at radius 3 is 2.33 bits per heavy atom. The Morgan fingerprint density at radius 2 is 1.71 bits per heavy atom. The lowest BCUT2D eigenvalue weighted by molar-refractivity contribution is 0.0493. The van der Waals surface area contributed by atoms with Crippen molar-refractivity contribution in [1.82, 2.24) is 0 Å². The Kier molecular flexibility index (Phi) is 9.85. The smallest absolute Gasteiger partial charge is 0.339 e. The fraction of sp³-hybridized carbons (Fsp3) is 0.588. The van der Waals surface area contributed by atoms with Crippen LogP contribution >= 0.6 is 28.6 Å². The maximum Gasteiger partial charge on any atom is 0.339 e. The maximum atomic E-state index is 11.9. The third-order valence-corrected chi connectivity index (χ3v) is 4.27. The van der Waals surface area contributed by atoms with Crippen molar-refractivity contribution in [3.8, 4) is 0 Å². The molecule has 0 atom stereocenters. The van der Waals surface area contributed by atoms with E-state index in [1.54, 1.807) is 12.1 Å². The van der Waals surface area contributed by atoms with Crippen molar-refractivity contribution >= 4 is 34.5 Å². The predicted molar refractivity (Wildman–Crippen MR) is 94.3 cm³/mol. The molecule has 1 rings (SSSR count). The molecule has 0 aliphatic heterocycles. The summed E-state index contributed by atoms with van der Waals surface area (Å²) in [6.07, 6.45) is 9.91. The molecule has 0 radical (unpaired) electrons. The molecule has 1 aromatic rings. The second-order valence-electron chi connectivity index (χ2n) is 5.27. The Bertz CT molecular complexity index is 435. The number of carbonyl (C=O) groups is 1. The Morgan fingerprint density at radius 1 is 1.10 bits per heavy atom. The van der Waals surface area contributed by atoms with E-state index >= 15 is 0 Å². The zero-order chi connectivity index (χ0) is 15.5. The van der Waals surface area contributed by atoms with E-state index in [0.717, 1.165) is 17.3 Å². The molecule has 4 heteroatoms. The zero-order valence-electron chi connectivity index (χ0n) is 12.7. The fourth-order valence-electron chi connectivity index (χ4n) is 2.16. The minimum Gasteiger partial charge on any atom is -0.462 e. The number of carbonyl (C=O) groups excluding carboxylic acids is 1. The van der Waals surface area contributed by atoms with Gasteiger partial charge in [0.25, 0.3) is 0 Å². The second-order valence-corrected chi connectivity index (χ2v) is 6.67. The lowest BCUT2D eigenvalue weighted by atomic mass is 10.1. The van der Waals surface area contributed by atoms with Crippen LogP contribution in [0, 0.1) is 0 Å². The number of halogens is 1. The maximum absolute atomic E-state index is 11.9. The van der Waals surface area contributed by atoms with Crippen LogP contribution in [0.4, 0.5) is 0 Å². The number of ether oxygens (including phenoxy) is 1. The van der Waals surface area contributed by atoms with E-state index in [-0.39, 0.29) is 5.97 Å². The van der Waals surface area contributed by atoms with Crippen molar-refractivity contribution in [2.24, 2.45) is 0 Å². The van der Waals surface area contributed by atoms with Crippen LogP contribution in [0.15, 0.2) is 27.6 Å². The highest BCUT2D eigenvalue weighted by molar-refractivity contribution is 9.10. The van der Waals surface area contributed by atoms with Gasteiger partial charge in [0.1, 0.15) is 0 Å². The van der Waals surface area contributed by atoms with Crippen molar-refractivity contribution in [3.63, 3.8) is 0 Å². The van der Waals surface area contributed by atoms with Crippen LogP contribution < -0.4 is 0 Å². The largest absolute Gasteiger partial charge is 0.462 e. The van der Waals surface area contributed by atoms with Crippen LogP contribution in [-0.2, 0) is 4.74 Å². The fourth-order valence-corrected chi connectivity index (χ4v) is 3.00. The molecule has 2 nitrogen and oxygen atoms in total. The minimum absolute atomic E-state index is 0.282. The van der Waals surface area contributed by atoms with E-state index in [4.69, 9.17) is 4.74 Å². The van der Waals surface area contributed by atoms with E-state index in [2.05, 4.69) is 35.5 Å². The molecular formula is C17H25BrO2S. The molecule has 21 heavy (non-hydrogen) atoms. The summed E-state index contributed by atoms with van der Waals surface area (Å²) in [6.45, 7) is 2.73. The Labute approximate surface area is 142 Å². The van der Waals surface area contributed by atoms with Crippen molar-refractivity contribution in [1.29, 1.82) is 0 Å². The van der Waals surface area contributed by atoms with Crippen LogP contribution in [0.25, 0.3) is 0 Å². The summed E-state index contributed by atoms with van der Waals surface area (Å²) >= 11 is 7.64. The topological polar surface area (TPSA) is 26.3 Å². The van der Waals surface area contributed by atoms with Crippen LogP contribution in [0.3, 0.4) is 0 Å². The molecule has 0 saturated heterocycles. The number of esters is 1. The number of unbranched alkanes of at least 4 members (excludes halogenated alkanes) is 7. The van der Waals surface area contributed by atoms with E-state index < -0.39 is 0 Å². The molecule has 0 saturated carbocycles. The number of hydrogen-bond donors (Lipinski definition) is 1. The molecule has 0 N–H and O–H groups in total. The van der Waals surface area contributed by atoms with E-state index in [9.17, 15) is 4.79 Å². The molecule has 0 fully saturated rings. The van der Waals surface area contributed by atoms with Gasteiger partial charge in [-0.3, -0.25) is 0 Å². The lowest BCUT2D eigenvalue weighted by Gasteiger charge is -2.07. The highest BCUT2D eigenvalue weighted by Gasteiger charge is 2.10. The first-order chi connectivity index (χ1) is 10.1. The molecule has 1 aromatic carbocycles. The van der Waals surface area contributed by atoms with Gasteiger partial charge in [-0.2, -0.15) is 0 Å². The van der Waals surface area contributed by atoms with E-state index in [1.165, 1.54) is 38.5 Å². The third kappa shape index (κ3) is 7.91. The van der Waals surface area contributed by atoms with E-state index in [1.807, 2.05) is 6.07 Å². The Hall–Kier alpha value is -0.480. The molecule has 0 unspecified atom stereocenters. The first-order valence-electron chi connectivity index (χ1n) is 7.80. The summed E-state index contributed by atoms with van der Waals surface area (Å²) in [4.78, 5) is 12.5. The summed E-state index contributed by atoms with van der Waals surface area (Å²) in [5.74, 6) is -0.282. The predicted octanol–water partition coefficient (Wildman–Crippen LogP) is 6.04. The van der Waals surface area contributed by atoms with Gasteiger partial charge in [0.2, 0.25) is 0 Å². The summed E-state index contributed by atoms with van der Waals surface area (Å²) < 4.78 is 6.20. The first-order valence-corrected chi connectivity index (χ1v) is 9.04. The zero-order valence-corrected chi connectivity index (χ0v) is 15.2. The van der Waals surface area contributed by atoms with Gasteiger partial charge in [0.15, 0.2) is 0 Å². The second kappa shape index (κ2) is 11.1. The normalized spacial score (nSPS) is 10.6. The van der Waals surface area contributed by atoms with Gasteiger partial charge < -0.3 is 4.74 Å². The van der Waals surface area contributed by atoms with E-state index in [0.29, 0.717) is 17.1 Å². The van der Waals surface area contributed by atoms with Gasteiger partial charge in [-0.1, -0.05) is 67.8 Å². The van der Waals surface area contributed by atoms with Gasteiger partial charge in [-0.15, -0.1) is 12.6 Å². The number of rotatable bonds is 10. The van der Waals surface area contributed by atoms with Crippen molar-refractivity contribution in [2.45, 2.75) is 63.2 Å². The highest BCUT2D eigenvalue weighted by Crippen LogP contribution is 2.20. The van der Waals surface area contributed by atoms with Gasteiger partial charge in [-0.05, 0) is 24.6 Å². The Balaban J connectivity index is 2.11. The van der Waals surface area contributed by atoms with Gasteiger partial charge in [-0.25, -0.2) is 4.79 Å². The average molecular weight is 373 g/mol. The number of thiol groups is 1. The summed E-state index contributed by atoms with van der Waals surface area (Å²) in [6, 6.07) is 5.37. The summed E-state index contributed by atoms with van der Waals surface area (Å²) in [7, 11) is 0. The summed E-state index contributed by atoms with van der Waals surface area (Å²) in [5, 5.41) is 0. The molecule has 0 heterocycles. The number of hydrogen-bond acceptors (Lipinski definition) is 3. The van der Waals surface area contributed by atoms with Crippen LogP contribution in [-0.4, -0.2) is 12.6 Å². The monoisotopic (exact) mass is 372 g/mol. The molecule has 0 aliphatic rings. The highest BCUT2D eigenvalue weighted by atomic mass is 79.9. The first kappa shape index (κ1) is 18.6. The SMILES string of the molecule is CCCCCCCCCCOC(=O)c1ccc(Br)cc1S. The molecule has 0 aromatic heterocycles. The van der Waals surface area contributed by atoms with Crippen LogP contribution in [0.1, 0.15) is 68.6 Å². The van der Waals surface area contributed by atoms with Gasteiger partial charge in [0, 0.05) is 9.37 Å². The molecule has 0 amide bonds. The molecule has 0 aliphatic carbocycles. The van der Waals surface area contributed by atoms with Gasteiger partial charge >= 0.3 is 5.97 Å². The van der Waals surface area contributed by atoms with Crippen molar-refractivity contribution in [3.05, 3.63) is 28.2 Å². The standard InChI is InChI=1S/C17H25BrO2S/c1-2-3-4-5-6-7-8-9-12-20-17(19)15-11-10-14(18)13-16(15)21/h10-11,13,21H,2-9,12H2,1H3. The van der Waals surface area contributed by atoms with Crippen molar-refractivity contribution in [2.75, 3.05) is 6.61 Å². The molecule has 118 valence electrons. The van der Waals surface area contributed by atoms with Gasteiger partial charge in [0.05, 0.1) is 12.2 Å². The number of benzene rings is 1. The minimum atomic E-state index is -0.282. The van der Waals surface area contributed by atoms with Crippen LogP contribution in [0.2, 0.25) is 0 Å². The summed E-state index contributed by atoms with van der Waals surface area (Å²) in [5.41, 5.74) is 0.529. The average Bonchev–Trinajstić information content (AvgIpc) is 2.45. The quantitative estimate of drug-likeness (QED) is 0.308. The van der Waals surface area contributed by atoms with Crippen LogP contribution in [0.5, 0.6) is 0 Å². The lowest BCUT2D eigenvalue weighted by Crippen LogP contribution is -2.07. The van der Waals surface area contributed by atoms with Crippen molar-refractivity contribution < 1.29 is 9.53 Å². The third-order valence-electron chi connectivity index (χ3n) is 3.41. The molecule has 0 spiro atoms.